The van der Waals surface area contributed by atoms with Crippen LogP contribution in [0.1, 0.15) is 24.0 Å². The van der Waals surface area contributed by atoms with Crippen LogP contribution in [-0.2, 0) is 14.4 Å². The number of nitrogens with zero attached hydrogens (tertiary/aromatic N) is 2. The van der Waals surface area contributed by atoms with Gasteiger partial charge in [-0.25, -0.2) is 0 Å². The van der Waals surface area contributed by atoms with Gasteiger partial charge in [-0.1, -0.05) is 12.1 Å². The van der Waals surface area contributed by atoms with Crippen molar-refractivity contribution in [1.29, 1.82) is 0 Å². The summed E-state index contributed by atoms with van der Waals surface area (Å²) >= 11 is 0. The van der Waals surface area contributed by atoms with Gasteiger partial charge in [0.2, 0.25) is 17.7 Å². The fourth-order valence-corrected chi connectivity index (χ4v) is 3.38. The maximum absolute atomic E-state index is 12.7. The summed E-state index contributed by atoms with van der Waals surface area (Å²) in [6.07, 6.45) is 0.567. The average molecular weight is 329 g/mol. The summed E-state index contributed by atoms with van der Waals surface area (Å²) in [5.74, 6) is -0.380. The van der Waals surface area contributed by atoms with E-state index >= 15 is 0 Å². The lowest BCUT2D eigenvalue weighted by molar-refractivity contribution is -0.135. The zero-order valence-corrected chi connectivity index (χ0v) is 14.2. The number of hydrogen-bond acceptors (Lipinski definition) is 3. The van der Waals surface area contributed by atoms with Crippen molar-refractivity contribution >= 4 is 23.4 Å². The standard InChI is InChI=1S/C18H23N3O3/c1-12-4-3-5-15(13(12)2)21-11-14(10-17(21)23)18(24)20-8-6-16(22)19-7-9-20/h3-5,14H,6-11H2,1-2H3,(H,19,22)/t14-/m1/s1. The molecule has 1 N–H and O–H groups in total. The Bertz CT molecular complexity index is 686. The fraction of sp³-hybridized carbons (Fsp3) is 0.500. The third-order valence-electron chi connectivity index (χ3n) is 4.97. The molecule has 3 rings (SSSR count). The number of carbonyl (C=O) groups excluding carboxylic acids is 3. The highest BCUT2D eigenvalue weighted by atomic mass is 16.2. The van der Waals surface area contributed by atoms with Gasteiger partial charge in [0.25, 0.3) is 0 Å². The molecule has 1 atom stereocenters. The highest BCUT2D eigenvalue weighted by Gasteiger charge is 2.38. The molecule has 2 saturated heterocycles. The molecular weight excluding hydrogens is 306 g/mol. The van der Waals surface area contributed by atoms with Crippen LogP contribution in [0.2, 0.25) is 0 Å². The zero-order valence-electron chi connectivity index (χ0n) is 14.2. The maximum atomic E-state index is 12.7. The first-order valence-electron chi connectivity index (χ1n) is 8.39. The molecule has 0 radical (unpaired) electrons. The van der Waals surface area contributed by atoms with E-state index < -0.39 is 0 Å². The van der Waals surface area contributed by atoms with Gasteiger partial charge in [0.1, 0.15) is 0 Å². The Kier molecular flexibility index (Phi) is 4.55. The fourth-order valence-electron chi connectivity index (χ4n) is 3.38. The Morgan fingerprint density at radius 2 is 2.00 bits per heavy atom. The summed E-state index contributed by atoms with van der Waals surface area (Å²) in [6.45, 7) is 5.85. The number of hydrogen-bond donors (Lipinski definition) is 1. The number of nitrogens with one attached hydrogen (secondary N) is 1. The second-order valence-corrected chi connectivity index (χ2v) is 6.55. The van der Waals surface area contributed by atoms with Gasteiger partial charge in [-0.2, -0.15) is 0 Å². The van der Waals surface area contributed by atoms with Gasteiger partial charge in [-0.15, -0.1) is 0 Å². The highest BCUT2D eigenvalue weighted by Crippen LogP contribution is 2.30. The third-order valence-corrected chi connectivity index (χ3v) is 4.97. The van der Waals surface area contributed by atoms with Crippen molar-refractivity contribution < 1.29 is 14.4 Å². The van der Waals surface area contributed by atoms with E-state index in [9.17, 15) is 14.4 Å². The molecule has 6 nitrogen and oxygen atoms in total. The van der Waals surface area contributed by atoms with Crippen molar-refractivity contribution in [2.24, 2.45) is 5.92 Å². The van der Waals surface area contributed by atoms with E-state index in [4.69, 9.17) is 0 Å². The molecule has 0 aromatic heterocycles. The first-order chi connectivity index (χ1) is 11.5. The molecule has 128 valence electrons. The molecular formula is C18H23N3O3. The topological polar surface area (TPSA) is 69.7 Å². The smallest absolute Gasteiger partial charge is 0.228 e. The molecule has 1 aromatic carbocycles. The first kappa shape index (κ1) is 16.5. The van der Waals surface area contributed by atoms with Crippen molar-refractivity contribution in [3.8, 4) is 0 Å². The molecule has 2 aliphatic rings. The zero-order chi connectivity index (χ0) is 17.3. The first-order valence-corrected chi connectivity index (χ1v) is 8.39. The second kappa shape index (κ2) is 6.63. The van der Waals surface area contributed by atoms with E-state index in [1.54, 1.807) is 9.80 Å². The van der Waals surface area contributed by atoms with Crippen LogP contribution in [0.4, 0.5) is 5.69 Å². The Morgan fingerprint density at radius 1 is 1.21 bits per heavy atom. The van der Waals surface area contributed by atoms with Crippen LogP contribution in [0, 0.1) is 19.8 Å². The number of anilines is 1. The predicted octanol–water partition coefficient (Wildman–Crippen LogP) is 1.00. The monoisotopic (exact) mass is 329 g/mol. The molecule has 3 amide bonds. The van der Waals surface area contributed by atoms with E-state index in [1.807, 2.05) is 32.0 Å². The average Bonchev–Trinajstić information content (AvgIpc) is 2.80. The van der Waals surface area contributed by atoms with Gasteiger partial charge >= 0.3 is 0 Å². The van der Waals surface area contributed by atoms with E-state index in [1.165, 1.54) is 0 Å². The molecule has 0 aliphatic carbocycles. The number of rotatable bonds is 2. The Balaban J connectivity index is 1.73. The Hall–Kier alpha value is -2.37. The third kappa shape index (κ3) is 3.13. The SMILES string of the molecule is Cc1cccc(N2C[C@H](C(=O)N3CCNC(=O)CC3)CC2=O)c1C. The number of carbonyl (C=O) groups is 3. The Morgan fingerprint density at radius 3 is 2.79 bits per heavy atom. The quantitative estimate of drug-likeness (QED) is 0.880. The summed E-state index contributed by atoms with van der Waals surface area (Å²) in [4.78, 5) is 40.0. The van der Waals surface area contributed by atoms with Crippen LogP contribution in [0.5, 0.6) is 0 Å². The van der Waals surface area contributed by atoms with Crippen LogP contribution in [0.3, 0.4) is 0 Å². The van der Waals surface area contributed by atoms with E-state index in [-0.39, 0.29) is 30.1 Å². The summed E-state index contributed by atoms with van der Waals surface area (Å²) < 4.78 is 0. The molecule has 2 heterocycles. The molecule has 1 aromatic rings. The molecule has 0 unspecified atom stereocenters. The molecule has 0 spiro atoms. The minimum absolute atomic E-state index is 0.00827. The van der Waals surface area contributed by atoms with Gasteiger partial charge in [-0.05, 0) is 31.0 Å². The van der Waals surface area contributed by atoms with Crippen LogP contribution in [0.25, 0.3) is 0 Å². The number of aryl methyl sites for hydroxylation is 1. The second-order valence-electron chi connectivity index (χ2n) is 6.55. The van der Waals surface area contributed by atoms with Crippen molar-refractivity contribution in [3.05, 3.63) is 29.3 Å². The van der Waals surface area contributed by atoms with E-state index in [0.29, 0.717) is 32.6 Å². The van der Waals surface area contributed by atoms with E-state index in [0.717, 1.165) is 16.8 Å². The normalized spacial score (nSPS) is 21.7. The van der Waals surface area contributed by atoms with Gasteiger partial charge in [0.05, 0.1) is 5.92 Å². The molecule has 2 aliphatic heterocycles. The van der Waals surface area contributed by atoms with Crippen LogP contribution >= 0.6 is 0 Å². The van der Waals surface area contributed by atoms with Crippen molar-refractivity contribution in [3.63, 3.8) is 0 Å². The van der Waals surface area contributed by atoms with E-state index in [2.05, 4.69) is 5.32 Å². The van der Waals surface area contributed by atoms with Crippen LogP contribution < -0.4 is 10.2 Å². The summed E-state index contributed by atoms with van der Waals surface area (Å²) in [5, 5.41) is 2.77. The molecule has 6 heteroatoms. The molecule has 24 heavy (non-hydrogen) atoms. The van der Waals surface area contributed by atoms with Gasteiger partial charge in [-0.3, -0.25) is 14.4 Å². The largest absolute Gasteiger partial charge is 0.354 e. The molecule has 0 bridgehead atoms. The maximum Gasteiger partial charge on any atom is 0.228 e. The van der Waals surface area contributed by atoms with Gasteiger partial charge < -0.3 is 15.1 Å². The summed E-state index contributed by atoms with van der Waals surface area (Å²) in [7, 11) is 0. The lowest BCUT2D eigenvalue weighted by atomic mass is 10.1. The van der Waals surface area contributed by atoms with Crippen molar-refractivity contribution in [2.45, 2.75) is 26.7 Å². The Labute approximate surface area is 141 Å². The van der Waals surface area contributed by atoms with Crippen molar-refractivity contribution in [2.75, 3.05) is 31.1 Å². The highest BCUT2D eigenvalue weighted by molar-refractivity contribution is 6.01. The molecule has 2 fully saturated rings. The van der Waals surface area contributed by atoms with Crippen molar-refractivity contribution in [1.82, 2.24) is 10.2 Å². The minimum Gasteiger partial charge on any atom is -0.354 e. The summed E-state index contributed by atoms with van der Waals surface area (Å²) in [6, 6.07) is 5.89. The minimum atomic E-state index is -0.328. The lowest BCUT2D eigenvalue weighted by Crippen LogP contribution is -2.39. The van der Waals surface area contributed by atoms with Gasteiger partial charge in [0, 0.05) is 44.7 Å². The molecule has 0 saturated carbocycles. The lowest BCUT2D eigenvalue weighted by Gasteiger charge is -2.24. The number of benzene rings is 1. The van der Waals surface area contributed by atoms with Crippen LogP contribution in [-0.4, -0.2) is 48.8 Å². The number of amides is 3. The summed E-state index contributed by atoms with van der Waals surface area (Å²) in [5.41, 5.74) is 3.10. The van der Waals surface area contributed by atoms with Gasteiger partial charge in [0.15, 0.2) is 0 Å². The van der Waals surface area contributed by atoms with Crippen LogP contribution in [0.15, 0.2) is 18.2 Å². The predicted molar refractivity (Wildman–Crippen MR) is 90.6 cm³/mol.